The summed E-state index contributed by atoms with van der Waals surface area (Å²) in [6.45, 7) is 6.07. The van der Waals surface area contributed by atoms with Crippen molar-refractivity contribution in [2.24, 2.45) is 0 Å². The molecule has 0 saturated heterocycles. The van der Waals surface area contributed by atoms with Crippen molar-refractivity contribution < 1.29 is 9.90 Å². The van der Waals surface area contributed by atoms with Gasteiger partial charge in [0.25, 0.3) is 5.91 Å². The maximum absolute atomic E-state index is 12.6. The number of benzene rings is 1. The summed E-state index contributed by atoms with van der Waals surface area (Å²) in [5.41, 5.74) is 1.41. The normalized spacial score (nSPS) is 14.0. The smallest absolute Gasteiger partial charge is 0.252 e. The van der Waals surface area contributed by atoms with E-state index < -0.39 is 5.60 Å². The number of hydrogen-bond donors (Lipinski definition) is 2. The van der Waals surface area contributed by atoms with Crippen LogP contribution in [-0.2, 0) is 0 Å². The minimum absolute atomic E-state index is 0.174. The van der Waals surface area contributed by atoms with Gasteiger partial charge in [0.1, 0.15) is 0 Å². The van der Waals surface area contributed by atoms with Gasteiger partial charge >= 0.3 is 0 Å². The molecular weight excluding hydrogens is 308 g/mol. The molecule has 1 aromatic heterocycles. The largest absolute Gasteiger partial charge is 0.387 e. The van der Waals surface area contributed by atoms with E-state index in [1.54, 1.807) is 18.7 Å². The highest BCUT2D eigenvalue weighted by Gasteiger charge is 2.22. The zero-order valence-corrected chi connectivity index (χ0v) is 14.9. The number of thioether (sulfide) groups is 1. The Morgan fingerprint density at radius 3 is 2.74 bits per heavy atom. The number of hydrogen-bond acceptors (Lipinski definition) is 4. The molecule has 4 nitrogen and oxygen atoms in total. The maximum Gasteiger partial charge on any atom is 0.252 e. The number of amides is 1. The van der Waals surface area contributed by atoms with Gasteiger partial charge in [-0.05, 0) is 31.2 Å². The van der Waals surface area contributed by atoms with Gasteiger partial charge in [0.2, 0.25) is 0 Å². The first-order valence-electron chi connectivity index (χ1n) is 7.73. The van der Waals surface area contributed by atoms with Crippen LogP contribution in [0.25, 0.3) is 10.9 Å². The number of carbonyl (C=O) groups excluding carboxylic acids is 1. The molecule has 1 amide bonds. The molecule has 1 heterocycles. The second kappa shape index (κ2) is 7.32. The number of nitrogens with one attached hydrogen (secondary N) is 1. The summed E-state index contributed by atoms with van der Waals surface area (Å²) in [7, 11) is 0. The van der Waals surface area contributed by atoms with Gasteiger partial charge in [0.15, 0.2) is 0 Å². The van der Waals surface area contributed by atoms with Gasteiger partial charge in [-0.15, -0.1) is 0 Å². The van der Waals surface area contributed by atoms with Crippen LogP contribution in [0.2, 0.25) is 0 Å². The van der Waals surface area contributed by atoms with E-state index in [2.05, 4.69) is 24.1 Å². The summed E-state index contributed by atoms with van der Waals surface area (Å²) >= 11 is 1.55. The van der Waals surface area contributed by atoms with Crippen LogP contribution in [0.15, 0.2) is 30.3 Å². The van der Waals surface area contributed by atoms with E-state index >= 15 is 0 Å². The molecule has 0 aliphatic carbocycles. The quantitative estimate of drug-likeness (QED) is 0.853. The zero-order valence-electron chi connectivity index (χ0n) is 14.1. The molecule has 124 valence electrons. The van der Waals surface area contributed by atoms with Gasteiger partial charge in [-0.1, -0.05) is 32.0 Å². The molecule has 0 saturated carbocycles. The summed E-state index contributed by atoms with van der Waals surface area (Å²) in [6, 6.07) is 9.50. The second-order valence-electron chi connectivity index (χ2n) is 6.38. The first-order chi connectivity index (χ1) is 10.8. The van der Waals surface area contributed by atoms with E-state index in [1.165, 1.54) is 0 Å². The summed E-state index contributed by atoms with van der Waals surface area (Å²) in [6.07, 6.45) is 1.93. The lowest BCUT2D eigenvalue weighted by Crippen LogP contribution is -2.42. The zero-order chi connectivity index (χ0) is 17.0. The lowest BCUT2D eigenvalue weighted by molar-refractivity contribution is 0.0726. The lowest BCUT2D eigenvalue weighted by Gasteiger charge is -2.22. The predicted octanol–water partition coefficient (Wildman–Crippen LogP) is 3.20. The minimum atomic E-state index is -0.918. The Kier molecular flexibility index (Phi) is 5.65. The average molecular weight is 332 g/mol. The Labute approximate surface area is 141 Å². The molecule has 5 heteroatoms. The number of carbonyl (C=O) groups is 1. The lowest BCUT2D eigenvalue weighted by atomic mass is 10.0. The van der Waals surface area contributed by atoms with E-state index in [9.17, 15) is 9.90 Å². The first-order valence-corrected chi connectivity index (χ1v) is 9.12. The number of pyridine rings is 1. The van der Waals surface area contributed by atoms with E-state index in [0.29, 0.717) is 11.3 Å². The molecular formula is C18H24N2O2S. The van der Waals surface area contributed by atoms with Crippen molar-refractivity contribution in [1.82, 2.24) is 10.3 Å². The fourth-order valence-electron chi connectivity index (χ4n) is 2.41. The van der Waals surface area contributed by atoms with Gasteiger partial charge in [0, 0.05) is 23.4 Å². The van der Waals surface area contributed by atoms with Crippen LogP contribution in [0.3, 0.4) is 0 Å². The second-order valence-corrected chi connectivity index (χ2v) is 7.25. The van der Waals surface area contributed by atoms with Crippen LogP contribution in [0, 0.1) is 0 Å². The van der Waals surface area contributed by atoms with Crippen LogP contribution in [-0.4, -0.2) is 40.2 Å². The predicted molar refractivity (Wildman–Crippen MR) is 97.2 cm³/mol. The van der Waals surface area contributed by atoms with Crippen molar-refractivity contribution in [3.05, 3.63) is 41.6 Å². The molecule has 1 atom stereocenters. The van der Waals surface area contributed by atoms with Crippen molar-refractivity contribution in [3.8, 4) is 0 Å². The van der Waals surface area contributed by atoms with E-state index in [4.69, 9.17) is 0 Å². The van der Waals surface area contributed by atoms with Crippen molar-refractivity contribution >= 4 is 28.6 Å². The van der Waals surface area contributed by atoms with Crippen LogP contribution >= 0.6 is 11.8 Å². The summed E-state index contributed by atoms with van der Waals surface area (Å²) < 4.78 is 0. The standard InChI is InChI=1S/C18H24N2O2S/c1-12(2)16-9-14(13-7-5-6-8-15(13)20-16)17(21)19-10-18(3,22)11-23-4/h5-9,12,22H,10-11H2,1-4H3,(H,19,21). The minimum Gasteiger partial charge on any atom is -0.387 e. The van der Waals surface area contributed by atoms with Crippen LogP contribution < -0.4 is 5.32 Å². The third-order valence-electron chi connectivity index (χ3n) is 3.66. The molecule has 1 unspecified atom stereocenters. The van der Waals surface area contributed by atoms with Crippen LogP contribution in [0.5, 0.6) is 0 Å². The SMILES string of the molecule is CSCC(C)(O)CNC(=O)c1cc(C(C)C)nc2ccccc12. The summed E-state index contributed by atoms with van der Waals surface area (Å²) in [4.78, 5) is 17.3. The summed E-state index contributed by atoms with van der Waals surface area (Å²) in [5, 5.41) is 13.9. The fraction of sp³-hybridized carbons (Fsp3) is 0.444. The van der Waals surface area contributed by atoms with Crippen molar-refractivity contribution in [2.45, 2.75) is 32.3 Å². The monoisotopic (exact) mass is 332 g/mol. The highest BCUT2D eigenvalue weighted by molar-refractivity contribution is 7.98. The van der Waals surface area contributed by atoms with Gasteiger partial charge in [-0.3, -0.25) is 9.78 Å². The van der Waals surface area contributed by atoms with E-state index in [0.717, 1.165) is 16.6 Å². The summed E-state index contributed by atoms with van der Waals surface area (Å²) in [5.74, 6) is 0.638. The van der Waals surface area contributed by atoms with Gasteiger partial charge < -0.3 is 10.4 Å². The van der Waals surface area contributed by atoms with Crippen molar-refractivity contribution in [1.29, 1.82) is 0 Å². The molecule has 0 bridgehead atoms. The van der Waals surface area contributed by atoms with E-state index in [-0.39, 0.29) is 18.4 Å². The number of aliphatic hydroxyl groups is 1. The molecule has 2 N–H and O–H groups in total. The van der Waals surface area contributed by atoms with Crippen LogP contribution in [0.1, 0.15) is 42.7 Å². The Balaban J connectivity index is 2.32. The Bertz CT molecular complexity index is 698. The van der Waals surface area contributed by atoms with Gasteiger partial charge in [0.05, 0.1) is 16.7 Å². The molecule has 23 heavy (non-hydrogen) atoms. The molecule has 2 aromatic rings. The Hall–Kier alpha value is -1.59. The topological polar surface area (TPSA) is 62.2 Å². The average Bonchev–Trinajstić information content (AvgIpc) is 2.51. The van der Waals surface area contributed by atoms with Gasteiger partial charge in [-0.25, -0.2) is 0 Å². The molecule has 0 fully saturated rings. The van der Waals surface area contributed by atoms with Crippen molar-refractivity contribution in [2.75, 3.05) is 18.6 Å². The third kappa shape index (κ3) is 4.45. The highest BCUT2D eigenvalue weighted by Crippen LogP contribution is 2.22. The maximum atomic E-state index is 12.6. The molecule has 1 aromatic carbocycles. The Morgan fingerprint density at radius 1 is 1.39 bits per heavy atom. The number of para-hydroxylation sites is 1. The van der Waals surface area contributed by atoms with Gasteiger partial charge in [-0.2, -0.15) is 11.8 Å². The number of nitrogens with zero attached hydrogens (tertiary/aromatic N) is 1. The molecule has 2 rings (SSSR count). The number of fused-ring (bicyclic) bond motifs is 1. The fourth-order valence-corrected chi connectivity index (χ4v) is 3.13. The van der Waals surface area contributed by atoms with Crippen molar-refractivity contribution in [3.63, 3.8) is 0 Å². The molecule has 0 spiro atoms. The third-order valence-corrected chi connectivity index (χ3v) is 4.57. The van der Waals surface area contributed by atoms with E-state index in [1.807, 2.05) is 36.6 Å². The Morgan fingerprint density at radius 2 is 2.09 bits per heavy atom. The molecule has 0 aliphatic heterocycles. The first kappa shape index (κ1) is 17.8. The highest BCUT2D eigenvalue weighted by atomic mass is 32.2. The molecule has 0 radical (unpaired) electrons. The van der Waals surface area contributed by atoms with Crippen LogP contribution in [0.4, 0.5) is 0 Å². The molecule has 0 aliphatic rings. The number of rotatable bonds is 6. The number of aromatic nitrogens is 1.